The van der Waals surface area contributed by atoms with Crippen LogP contribution in [0.3, 0.4) is 0 Å². The number of hydrogen-bond donors (Lipinski definition) is 0. The fourth-order valence-electron chi connectivity index (χ4n) is 4.34. The molecule has 0 spiro atoms. The summed E-state index contributed by atoms with van der Waals surface area (Å²) in [4.78, 5) is 4.64. The van der Waals surface area contributed by atoms with Gasteiger partial charge in [0, 0.05) is 34.7 Å². The molecular formula is C30H31NSSi. The molecular weight excluding hydrogens is 434 g/mol. The number of hydrogen-bond acceptors (Lipinski definition) is 2. The van der Waals surface area contributed by atoms with E-state index in [0.29, 0.717) is 5.56 Å². The van der Waals surface area contributed by atoms with Crippen molar-refractivity contribution < 1.29 is 2.74 Å². The van der Waals surface area contributed by atoms with Crippen LogP contribution in [0, 0.1) is 5.92 Å². The van der Waals surface area contributed by atoms with Gasteiger partial charge in [-0.05, 0) is 47.2 Å². The molecule has 0 amide bonds. The average molecular weight is 468 g/mol. The summed E-state index contributed by atoms with van der Waals surface area (Å²) in [6.07, 6.45) is 0.338. The Morgan fingerprint density at radius 3 is 2.36 bits per heavy atom. The molecule has 0 atom stereocenters. The largest absolute Gasteiger partial charge is 0.256 e. The van der Waals surface area contributed by atoms with Crippen LogP contribution in [-0.2, 0) is 6.37 Å². The fourth-order valence-corrected chi connectivity index (χ4v) is 6.77. The van der Waals surface area contributed by atoms with E-state index in [9.17, 15) is 0 Å². The highest BCUT2D eigenvalue weighted by Crippen LogP contribution is 2.41. The Bertz CT molecular complexity index is 1530. The minimum Gasteiger partial charge on any atom is -0.256 e. The van der Waals surface area contributed by atoms with Crippen molar-refractivity contribution in [3.63, 3.8) is 0 Å². The molecule has 0 saturated carbocycles. The number of benzene rings is 3. The van der Waals surface area contributed by atoms with Crippen molar-refractivity contribution in [2.75, 3.05) is 0 Å². The normalized spacial score (nSPS) is 13.5. The highest BCUT2D eigenvalue weighted by atomic mass is 32.1. The van der Waals surface area contributed by atoms with Crippen molar-refractivity contribution >= 4 is 44.8 Å². The van der Waals surface area contributed by atoms with Crippen molar-refractivity contribution in [3.8, 4) is 22.4 Å². The molecule has 0 saturated heterocycles. The van der Waals surface area contributed by atoms with Gasteiger partial charge in [0.2, 0.25) is 0 Å². The fraction of sp³-hybridized carbons (Fsp3) is 0.233. The first-order chi connectivity index (χ1) is 16.6. The zero-order chi connectivity index (χ0) is 25.0. The van der Waals surface area contributed by atoms with E-state index in [1.807, 2.05) is 19.9 Å². The SMILES string of the molecule is [2H]C([2H])(c1ccnc(-c2cccc3c2sc2cc(-c4ccc([Si](C)(C)C)cc4)ccc23)c1)C(C)C. The van der Waals surface area contributed by atoms with E-state index < -0.39 is 14.4 Å². The third-order valence-electron chi connectivity index (χ3n) is 6.07. The van der Waals surface area contributed by atoms with E-state index in [1.54, 1.807) is 23.6 Å². The summed E-state index contributed by atoms with van der Waals surface area (Å²) in [5.74, 6) is -0.115. The summed E-state index contributed by atoms with van der Waals surface area (Å²) in [5.41, 5.74) is 5.05. The van der Waals surface area contributed by atoms with Crippen molar-refractivity contribution in [2.45, 2.75) is 39.9 Å². The standard InChI is InChI=1S/C30H31NSSi/c1-20(2)17-21-15-16-31-28(18-21)27-8-6-7-26-25-14-11-23(19-29(25)32-30(26)27)22-9-12-24(13-10-22)33(3,4)5/h6-16,18-20H,17H2,1-5H3/i17D2. The van der Waals surface area contributed by atoms with Gasteiger partial charge in [-0.3, -0.25) is 4.98 Å². The van der Waals surface area contributed by atoms with Crippen molar-refractivity contribution in [2.24, 2.45) is 5.92 Å². The molecule has 0 N–H and O–H groups in total. The molecule has 5 aromatic rings. The maximum Gasteiger partial charge on any atom is 0.0775 e. The zero-order valence-electron chi connectivity index (χ0n) is 21.9. The molecule has 3 heteroatoms. The average Bonchev–Trinajstić information content (AvgIpc) is 3.21. The first-order valence-electron chi connectivity index (χ1n) is 12.6. The van der Waals surface area contributed by atoms with Gasteiger partial charge in [0.05, 0.1) is 13.8 Å². The van der Waals surface area contributed by atoms with Crippen molar-refractivity contribution in [3.05, 3.63) is 84.6 Å². The van der Waals surface area contributed by atoms with Gasteiger partial charge in [-0.25, -0.2) is 0 Å². The summed E-state index contributed by atoms with van der Waals surface area (Å²) >= 11 is 1.79. The zero-order valence-corrected chi connectivity index (χ0v) is 21.8. The van der Waals surface area contributed by atoms with E-state index in [4.69, 9.17) is 2.74 Å². The topological polar surface area (TPSA) is 12.9 Å². The van der Waals surface area contributed by atoms with Crippen LogP contribution in [0.5, 0.6) is 0 Å². The molecule has 3 aromatic carbocycles. The molecule has 0 aliphatic rings. The second-order valence-electron chi connectivity index (χ2n) is 10.1. The number of nitrogens with zero attached hydrogens (tertiary/aromatic N) is 1. The molecule has 0 aliphatic carbocycles. The van der Waals surface area contributed by atoms with Gasteiger partial charge in [-0.2, -0.15) is 0 Å². The number of rotatable bonds is 5. The van der Waals surface area contributed by atoms with Crippen molar-refractivity contribution in [1.82, 2.24) is 4.98 Å². The number of aromatic nitrogens is 1. The molecule has 0 fully saturated rings. The third kappa shape index (κ3) is 4.40. The van der Waals surface area contributed by atoms with E-state index in [0.717, 1.165) is 11.3 Å². The highest BCUT2D eigenvalue weighted by molar-refractivity contribution is 7.26. The Kier molecular flexibility index (Phi) is 5.10. The van der Waals surface area contributed by atoms with Crippen LogP contribution >= 0.6 is 11.3 Å². The van der Waals surface area contributed by atoms with Gasteiger partial charge in [0.1, 0.15) is 0 Å². The van der Waals surface area contributed by atoms with Gasteiger partial charge in [0.25, 0.3) is 0 Å². The van der Waals surface area contributed by atoms with Crippen LogP contribution in [-0.4, -0.2) is 13.1 Å². The minimum atomic E-state index is -1.40. The Morgan fingerprint density at radius 2 is 1.64 bits per heavy atom. The van der Waals surface area contributed by atoms with E-state index >= 15 is 0 Å². The van der Waals surface area contributed by atoms with E-state index in [2.05, 4.69) is 85.3 Å². The maximum absolute atomic E-state index is 8.53. The molecule has 33 heavy (non-hydrogen) atoms. The Morgan fingerprint density at radius 1 is 0.879 bits per heavy atom. The summed E-state index contributed by atoms with van der Waals surface area (Å²) in [5, 5.41) is 3.95. The lowest BCUT2D eigenvalue weighted by Gasteiger charge is -2.16. The van der Waals surface area contributed by atoms with Crippen LogP contribution in [0.15, 0.2) is 79.0 Å². The summed E-state index contributed by atoms with van der Waals surface area (Å²) in [6, 6.07) is 25.9. The van der Waals surface area contributed by atoms with Gasteiger partial charge in [0.15, 0.2) is 0 Å². The van der Waals surface area contributed by atoms with Crippen LogP contribution in [0.2, 0.25) is 19.6 Å². The molecule has 0 unspecified atom stereocenters. The van der Waals surface area contributed by atoms with Crippen LogP contribution < -0.4 is 5.19 Å². The second kappa shape index (κ2) is 8.55. The predicted molar refractivity (Wildman–Crippen MR) is 150 cm³/mol. The maximum atomic E-state index is 8.53. The monoisotopic (exact) mass is 467 g/mol. The van der Waals surface area contributed by atoms with E-state index in [-0.39, 0.29) is 5.92 Å². The van der Waals surface area contributed by atoms with Crippen molar-refractivity contribution in [1.29, 1.82) is 0 Å². The molecule has 0 bridgehead atoms. The molecule has 2 heterocycles. The summed E-state index contributed by atoms with van der Waals surface area (Å²) in [6.45, 7) is 11.0. The minimum absolute atomic E-state index is 0.115. The lowest BCUT2D eigenvalue weighted by atomic mass is 10.0. The molecule has 2 aromatic heterocycles. The van der Waals surface area contributed by atoms with Gasteiger partial charge >= 0.3 is 0 Å². The Hall–Kier alpha value is -2.75. The smallest absolute Gasteiger partial charge is 0.0775 e. The molecule has 166 valence electrons. The summed E-state index contributed by atoms with van der Waals surface area (Å²) in [7, 11) is -1.31. The van der Waals surface area contributed by atoms with E-state index in [1.165, 1.54) is 36.5 Å². The van der Waals surface area contributed by atoms with Crippen LogP contribution in [0.1, 0.15) is 22.2 Å². The number of pyridine rings is 1. The van der Waals surface area contributed by atoms with Crippen LogP contribution in [0.25, 0.3) is 42.6 Å². The molecule has 0 aliphatic heterocycles. The van der Waals surface area contributed by atoms with Crippen LogP contribution in [0.4, 0.5) is 0 Å². The Balaban J connectivity index is 1.60. The third-order valence-corrected chi connectivity index (χ3v) is 9.34. The number of thiophene rings is 1. The number of fused-ring (bicyclic) bond motifs is 3. The molecule has 0 radical (unpaired) electrons. The molecule has 1 nitrogen and oxygen atoms in total. The molecule has 5 rings (SSSR count). The predicted octanol–water partition coefficient (Wildman–Crippen LogP) is 8.53. The Labute approximate surface area is 205 Å². The quantitative estimate of drug-likeness (QED) is 0.236. The summed E-state index contributed by atoms with van der Waals surface area (Å²) < 4.78 is 19.5. The van der Waals surface area contributed by atoms with Gasteiger partial charge in [-0.1, -0.05) is 93.3 Å². The lowest BCUT2D eigenvalue weighted by Crippen LogP contribution is -2.37. The lowest BCUT2D eigenvalue weighted by molar-refractivity contribution is 0.647. The van der Waals surface area contributed by atoms with Gasteiger partial charge in [-0.15, -0.1) is 11.3 Å². The van der Waals surface area contributed by atoms with Gasteiger partial charge < -0.3 is 0 Å². The first kappa shape index (κ1) is 19.7. The first-order valence-corrected chi connectivity index (χ1v) is 15.9. The highest BCUT2D eigenvalue weighted by Gasteiger charge is 2.16. The second-order valence-corrected chi connectivity index (χ2v) is 16.2.